The summed E-state index contributed by atoms with van der Waals surface area (Å²) in [5, 5.41) is 2.33. The molecule has 2 heterocycles. The standard InChI is InChI=1S/C7H10N2O2/c10-6-5-2-1-3-9(4-5)7(11)8-6/h5H,1-4H2,(H,8,10,11). The zero-order valence-corrected chi connectivity index (χ0v) is 6.17. The molecule has 2 saturated heterocycles. The molecule has 2 aliphatic heterocycles. The lowest BCUT2D eigenvalue weighted by Crippen LogP contribution is -2.56. The second-order valence-corrected chi connectivity index (χ2v) is 3.08. The minimum Gasteiger partial charge on any atom is -0.324 e. The van der Waals surface area contributed by atoms with Crippen molar-refractivity contribution in [3.63, 3.8) is 0 Å². The first-order valence-electron chi connectivity index (χ1n) is 3.87. The van der Waals surface area contributed by atoms with Crippen LogP contribution in [0, 0.1) is 5.92 Å². The smallest absolute Gasteiger partial charge is 0.324 e. The molecule has 3 amide bonds. The van der Waals surface area contributed by atoms with E-state index in [1.165, 1.54) is 0 Å². The van der Waals surface area contributed by atoms with E-state index in [4.69, 9.17) is 0 Å². The number of imide groups is 1. The molecule has 60 valence electrons. The summed E-state index contributed by atoms with van der Waals surface area (Å²) in [6, 6.07) is -0.217. The zero-order chi connectivity index (χ0) is 7.84. The lowest BCUT2D eigenvalue weighted by Gasteiger charge is -2.36. The predicted octanol–water partition coefficient (Wildman–Crippen LogP) is -0.0518. The Morgan fingerprint density at radius 2 is 2.27 bits per heavy atom. The van der Waals surface area contributed by atoms with E-state index >= 15 is 0 Å². The molecular formula is C7H10N2O2. The van der Waals surface area contributed by atoms with Gasteiger partial charge in [-0.1, -0.05) is 0 Å². The summed E-state index contributed by atoms with van der Waals surface area (Å²) in [4.78, 5) is 23.8. The molecule has 0 spiro atoms. The molecule has 4 heteroatoms. The molecule has 11 heavy (non-hydrogen) atoms. The van der Waals surface area contributed by atoms with E-state index in [2.05, 4.69) is 5.32 Å². The SMILES string of the molecule is O=C1NC(=O)N2CCCC1C2. The Bertz CT molecular complexity index is 194. The molecule has 4 nitrogen and oxygen atoms in total. The number of hydrogen-bond acceptors (Lipinski definition) is 2. The van der Waals surface area contributed by atoms with Crippen molar-refractivity contribution < 1.29 is 9.59 Å². The van der Waals surface area contributed by atoms with Crippen molar-refractivity contribution in [1.29, 1.82) is 0 Å². The van der Waals surface area contributed by atoms with Crippen molar-refractivity contribution in [2.24, 2.45) is 5.92 Å². The topological polar surface area (TPSA) is 49.4 Å². The van der Waals surface area contributed by atoms with Crippen molar-refractivity contribution in [2.45, 2.75) is 12.8 Å². The van der Waals surface area contributed by atoms with Gasteiger partial charge in [-0.2, -0.15) is 0 Å². The first-order valence-corrected chi connectivity index (χ1v) is 3.87. The molecule has 2 aliphatic rings. The van der Waals surface area contributed by atoms with E-state index in [1.54, 1.807) is 4.90 Å². The number of nitrogens with one attached hydrogen (secondary N) is 1. The maximum absolute atomic E-state index is 11.1. The molecule has 0 aromatic heterocycles. The molecule has 1 atom stereocenters. The van der Waals surface area contributed by atoms with E-state index in [-0.39, 0.29) is 17.9 Å². The van der Waals surface area contributed by atoms with Gasteiger partial charge in [-0.3, -0.25) is 10.1 Å². The monoisotopic (exact) mass is 154 g/mol. The number of urea groups is 1. The summed E-state index contributed by atoms with van der Waals surface area (Å²) in [7, 11) is 0. The van der Waals surface area contributed by atoms with Crippen LogP contribution in [0.3, 0.4) is 0 Å². The highest BCUT2D eigenvalue weighted by Crippen LogP contribution is 2.19. The minimum atomic E-state index is -0.217. The third-order valence-corrected chi connectivity index (χ3v) is 2.31. The number of piperidine rings is 1. The Labute approximate surface area is 64.5 Å². The van der Waals surface area contributed by atoms with E-state index < -0.39 is 0 Å². The number of amides is 3. The summed E-state index contributed by atoms with van der Waals surface area (Å²) in [5.74, 6) is -0.0348. The van der Waals surface area contributed by atoms with E-state index in [1.807, 2.05) is 0 Å². The van der Waals surface area contributed by atoms with Crippen LogP contribution in [0.5, 0.6) is 0 Å². The van der Waals surface area contributed by atoms with Gasteiger partial charge in [-0.15, -0.1) is 0 Å². The van der Waals surface area contributed by atoms with Crippen molar-refractivity contribution in [3.8, 4) is 0 Å². The molecule has 2 rings (SSSR count). The van der Waals surface area contributed by atoms with E-state index in [0.717, 1.165) is 19.4 Å². The summed E-state index contributed by atoms with van der Waals surface area (Å²) in [6.07, 6.45) is 1.89. The molecule has 2 bridgehead atoms. The molecule has 0 aromatic rings. The largest absolute Gasteiger partial charge is 0.324 e. The molecule has 1 N–H and O–H groups in total. The van der Waals surface area contributed by atoms with Gasteiger partial charge in [0.05, 0.1) is 5.92 Å². The quantitative estimate of drug-likeness (QED) is 0.531. The lowest BCUT2D eigenvalue weighted by molar-refractivity contribution is -0.127. The van der Waals surface area contributed by atoms with E-state index in [0.29, 0.717) is 6.54 Å². The van der Waals surface area contributed by atoms with Crippen LogP contribution in [0.2, 0.25) is 0 Å². The number of rotatable bonds is 0. The number of nitrogens with zero attached hydrogens (tertiary/aromatic N) is 1. The predicted molar refractivity (Wildman–Crippen MR) is 37.8 cm³/mol. The Kier molecular flexibility index (Phi) is 1.34. The molecule has 0 aliphatic carbocycles. The Hall–Kier alpha value is -1.06. The summed E-state index contributed by atoms with van der Waals surface area (Å²) in [6.45, 7) is 1.43. The van der Waals surface area contributed by atoms with Gasteiger partial charge >= 0.3 is 6.03 Å². The number of hydrogen-bond donors (Lipinski definition) is 1. The number of fused-ring (bicyclic) bond motifs is 2. The highest BCUT2D eigenvalue weighted by atomic mass is 16.2. The second-order valence-electron chi connectivity index (χ2n) is 3.08. The van der Waals surface area contributed by atoms with Gasteiger partial charge in [0, 0.05) is 13.1 Å². The van der Waals surface area contributed by atoms with Gasteiger partial charge in [-0.05, 0) is 12.8 Å². The fourth-order valence-corrected chi connectivity index (χ4v) is 1.66. The van der Waals surface area contributed by atoms with Crippen LogP contribution in [0.15, 0.2) is 0 Å². The average molecular weight is 154 g/mol. The number of carbonyl (C=O) groups excluding carboxylic acids is 2. The molecular weight excluding hydrogens is 144 g/mol. The van der Waals surface area contributed by atoms with Crippen molar-refractivity contribution in [2.75, 3.05) is 13.1 Å². The van der Waals surface area contributed by atoms with Gasteiger partial charge in [-0.25, -0.2) is 4.79 Å². The van der Waals surface area contributed by atoms with Gasteiger partial charge in [0.1, 0.15) is 0 Å². The van der Waals surface area contributed by atoms with Gasteiger partial charge in [0.2, 0.25) is 5.91 Å². The fourth-order valence-electron chi connectivity index (χ4n) is 1.66. The van der Waals surface area contributed by atoms with Crippen LogP contribution in [-0.2, 0) is 4.79 Å². The normalized spacial score (nSPS) is 30.2. The van der Waals surface area contributed by atoms with Crippen molar-refractivity contribution in [1.82, 2.24) is 10.2 Å². The highest BCUT2D eigenvalue weighted by molar-refractivity contribution is 5.98. The van der Waals surface area contributed by atoms with Gasteiger partial charge in [0.25, 0.3) is 0 Å². The Morgan fingerprint density at radius 1 is 1.45 bits per heavy atom. The van der Waals surface area contributed by atoms with Crippen LogP contribution < -0.4 is 5.32 Å². The third kappa shape index (κ3) is 0.982. The highest BCUT2D eigenvalue weighted by Gasteiger charge is 2.34. The van der Waals surface area contributed by atoms with E-state index in [9.17, 15) is 9.59 Å². The van der Waals surface area contributed by atoms with Crippen LogP contribution in [-0.4, -0.2) is 29.9 Å². The molecule has 0 radical (unpaired) electrons. The van der Waals surface area contributed by atoms with Gasteiger partial charge in [0.15, 0.2) is 0 Å². The number of carbonyl (C=O) groups is 2. The molecule has 0 saturated carbocycles. The van der Waals surface area contributed by atoms with Crippen LogP contribution in [0.1, 0.15) is 12.8 Å². The summed E-state index contributed by atoms with van der Waals surface area (Å²) < 4.78 is 0. The van der Waals surface area contributed by atoms with Crippen LogP contribution in [0.4, 0.5) is 4.79 Å². The zero-order valence-electron chi connectivity index (χ0n) is 6.17. The molecule has 1 unspecified atom stereocenters. The maximum atomic E-state index is 11.1. The first-order chi connectivity index (χ1) is 5.27. The van der Waals surface area contributed by atoms with Crippen molar-refractivity contribution in [3.05, 3.63) is 0 Å². The molecule has 0 aromatic carbocycles. The minimum absolute atomic E-state index is 0.0569. The first kappa shape index (κ1) is 6.64. The molecule has 2 fully saturated rings. The maximum Gasteiger partial charge on any atom is 0.324 e. The summed E-state index contributed by atoms with van der Waals surface area (Å²) in [5.41, 5.74) is 0. The van der Waals surface area contributed by atoms with Crippen molar-refractivity contribution >= 4 is 11.9 Å². The Morgan fingerprint density at radius 3 is 3.09 bits per heavy atom. The third-order valence-electron chi connectivity index (χ3n) is 2.31. The summed E-state index contributed by atoms with van der Waals surface area (Å²) >= 11 is 0. The second kappa shape index (κ2) is 2.22. The van der Waals surface area contributed by atoms with Crippen LogP contribution >= 0.6 is 0 Å². The van der Waals surface area contributed by atoms with Gasteiger partial charge < -0.3 is 4.90 Å². The lowest BCUT2D eigenvalue weighted by atomic mass is 9.96. The van der Waals surface area contributed by atoms with Crippen LogP contribution in [0.25, 0.3) is 0 Å². The fraction of sp³-hybridized carbons (Fsp3) is 0.714. The average Bonchev–Trinajstić information content (AvgIpc) is 2.02. The Balaban J connectivity index is 2.17.